The number of hydrogen-bond acceptors (Lipinski definition) is 3. The van der Waals surface area contributed by atoms with Crippen molar-refractivity contribution < 1.29 is 4.79 Å². The van der Waals surface area contributed by atoms with Gasteiger partial charge in [0.15, 0.2) is 5.96 Å². The predicted octanol–water partition coefficient (Wildman–Crippen LogP) is 1.53. The molecule has 23 heavy (non-hydrogen) atoms. The first-order valence-corrected chi connectivity index (χ1v) is 8.68. The van der Waals surface area contributed by atoms with Crippen molar-refractivity contribution in [2.45, 2.75) is 53.0 Å². The Balaban J connectivity index is 4.46. The van der Waals surface area contributed by atoms with E-state index in [2.05, 4.69) is 34.5 Å². The maximum Gasteiger partial charge on any atom is 0.240 e. The van der Waals surface area contributed by atoms with Crippen LogP contribution in [0.25, 0.3) is 0 Å². The van der Waals surface area contributed by atoms with E-state index in [0.29, 0.717) is 6.54 Å². The number of amides is 1. The molecular weight excluding hydrogens is 290 g/mol. The van der Waals surface area contributed by atoms with Crippen LogP contribution in [0.15, 0.2) is 4.99 Å². The molecule has 0 aliphatic heterocycles. The minimum atomic E-state index is -0.213. The van der Waals surface area contributed by atoms with E-state index in [1.807, 2.05) is 39.6 Å². The van der Waals surface area contributed by atoms with Crippen LogP contribution in [0.3, 0.4) is 0 Å². The van der Waals surface area contributed by atoms with Crippen molar-refractivity contribution in [3.8, 4) is 0 Å². The lowest BCUT2D eigenvalue weighted by molar-refractivity contribution is -0.122. The average Bonchev–Trinajstić information content (AvgIpc) is 2.41. The quantitative estimate of drug-likeness (QED) is 0.498. The summed E-state index contributed by atoms with van der Waals surface area (Å²) in [6, 6.07) is 0. The summed E-state index contributed by atoms with van der Waals surface area (Å²) in [5, 5.41) is 6.22. The first kappa shape index (κ1) is 21.7. The van der Waals surface area contributed by atoms with Crippen molar-refractivity contribution in [2.75, 3.05) is 46.8 Å². The number of nitrogens with zero attached hydrogens (tertiary/aromatic N) is 3. The Hall–Kier alpha value is -1.30. The zero-order valence-corrected chi connectivity index (χ0v) is 16.2. The summed E-state index contributed by atoms with van der Waals surface area (Å²) >= 11 is 0. The van der Waals surface area contributed by atoms with E-state index in [-0.39, 0.29) is 11.4 Å². The van der Waals surface area contributed by atoms with Gasteiger partial charge in [0, 0.05) is 25.7 Å². The van der Waals surface area contributed by atoms with Crippen LogP contribution in [-0.4, -0.2) is 74.0 Å². The summed E-state index contributed by atoms with van der Waals surface area (Å²) in [5.41, 5.74) is -0.213. The predicted molar refractivity (Wildman–Crippen MR) is 98.9 cm³/mol. The highest BCUT2D eigenvalue weighted by Crippen LogP contribution is 1.98. The molecule has 136 valence electrons. The number of unbranched alkanes of at least 4 members (excludes halogenated alkanes) is 1. The molecule has 2 N–H and O–H groups in total. The molecule has 0 rings (SSSR count). The number of likely N-dealkylation sites (N-methyl/N-ethyl adjacent to an activating group) is 2. The van der Waals surface area contributed by atoms with Gasteiger partial charge in [-0.15, -0.1) is 0 Å². The zero-order valence-electron chi connectivity index (χ0n) is 16.2. The van der Waals surface area contributed by atoms with Gasteiger partial charge < -0.3 is 20.4 Å². The van der Waals surface area contributed by atoms with E-state index >= 15 is 0 Å². The fraction of sp³-hybridized carbons (Fsp3) is 0.882. The number of guanidine groups is 1. The smallest absolute Gasteiger partial charge is 0.240 e. The first-order valence-electron chi connectivity index (χ1n) is 8.68. The molecular formula is C17H37N5O. The van der Waals surface area contributed by atoms with E-state index in [4.69, 9.17) is 0 Å². The largest absolute Gasteiger partial charge is 0.357 e. The third kappa shape index (κ3) is 11.9. The Morgan fingerprint density at radius 2 is 1.78 bits per heavy atom. The topological polar surface area (TPSA) is 60.0 Å². The maximum absolute atomic E-state index is 12.0. The standard InChI is InChI=1S/C17H37N5O/c1-8-10-12-21(6)13-11-19-16(18-9-2)22(7)14-15(23)20-17(3,4)5/h8-14H2,1-7H3,(H,18,19)(H,20,23). The molecule has 0 saturated heterocycles. The molecule has 0 unspecified atom stereocenters. The van der Waals surface area contributed by atoms with Gasteiger partial charge in [0.2, 0.25) is 5.91 Å². The number of carbonyl (C=O) groups excluding carboxylic acids is 1. The van der Waals surface area contributed by atoms with Crippen molar-refractivity contribution in [3.05, 3.63) is 0 Å². The van der Waals surface area contributed by atoms with Crippen molar-refractivity contribution in [3.63, 3.8) is 0 Å². The van der Waals surface area contributed by atoms with Crippen LogP contribution in [0, 0.1) is 0 Å². The lowest BCUT2D eigenvalue weighted by Gasteiger charge is -2.25. The van der Waals surface area contributed by atoms with Crippen molar-refractivity contribution >= 4 is 11.9 Å². The van der Waals surface area contributed by atoms with Gasteiger partial charge in [-0.2, -0.15) is 0 Å². The molecule has 0 aromatic heterocycles. The SMILES string of the molecule is CCCCN(C)CCN=C(NCC)N(C)CC(=O)NC(C)(C)C. The van der Waals surface area contributed by atoms with Crippen LogP contribution >= 0.6 is 0 Å². The highest BCUT2D eigenvalue weighted by atomic mass is 16.2. The number of rotatable bonds is 9. The van der Waals surface area contributed by atoms with Crippen LogP contribution < -0.4 is 10.6 Å². The van der Waals surface area contributed by atoms with Crippen molar-refractivity contribution in [2.24, 2.45) is 4.99 Å². The molecule has 0 aliphatic rings. The van der Waals surface area contributed by atoms with Crippen LogP contribution in [0.2, 0.25) is 0 Å². The zero-order chi connectivity index (χ0) is 17.9. The minimum Gasteiger partial charge on any atom is -0.357 e. The molecule has 0 aliphatic carbocycles. The highest BCUT2D eigenvalue weighted by molar-refractivity contribution is 5.86. The van der Waals surface area contributed by atoms with Crippen molar-refractivity contribution in [1.82, 2.24) is 20.4 Å². The Morgan fingerprint density at radius 3 is 2.30 bits per heavy atom. The van der Waals surface area contributed by atoms with E-state index in [0.717, 1.165) is 32.1 Å². The highest BCUT2D eigenvalue weighted by Gasteiger charge is 2.16. The van der Waals surface area contributed by atoms with Crippen LogP contribution in [0.5, 0.6) is 0 Å². The molecule has 0 fully saturated rings. The summed E-state index contributed by atoms with van der Waals surface area (Å²) in [6.07, 6.45) is 2.43. The normalized spacial score (nSPS) is 12.4. The van der Waals surface area contributed by atoms with Gasteiger partial charge in [0.05, 0.1) is 13.1 Å². The second kappa shape index (κ2) is 11.3. The number of hydrogen-bond donors (Lipinski definition) is 2. The second-order valence-corrected chi connectivity index (χ2v) is 7.05. The van der Waals surface area contributed by atoms with E-state index in [1.165, 1.54) is 12.8 Å². The first-order chi connectivity index (χ1) is 10.7. The van der Waals surface area contributed by atoms with Crippen molar-refractivity contribution in [1.29, 1.82) is 0 Å². The fourth-order valence-electron chi connectivity index (χ4n) is 2.08. The minimum absolute atomic E-state index is 0.00525. The van der Waals surface area contributed by atoms with Crippen LogP contribution in [-0.2, 0) is 4.79 Å². The number of aliphatic imine (C=N–C) groups is 1. The summed E-state index contributed by atoms with van der Waals surface area (Å²) in [5.74, 6) is 0.783. The average molecular weight is 328 g/mol. The Morgan fingerprint density at radius 1 is 1.13 bits per heavy atom. The Kier molecular flexibility index (Phi) is 10.6. The van der Waals surface area contributed by atoms with E-state index in [1.54, 1.807) is 0 Å². The van der Waals surface area contributed by atoms with Gasteiger partial charge in [-0.3, -0.25) is 9.79 Å². The van der Waals surface area contributed by atoms with Crippen LogP contribution in [0.1, 0.15) is 47.5 Å². The summed E-state index contributed by atoms with van der Waals surface area (Å²) < 4.78 is 0. The van der Waals surface area contributed by atoms with Gasteiger partial charge in [-0.25, -0.2) is 0 Å². The monoisotopic (exact) mass is 327 g/mol. The molecule has 0 aromatic rings. The fourth-order valence-corrected chi connectivity index (χ4v) is 2.08. The number of carbonyl (C=O) groups is 1. The molecule has 0 atom stereocenters. The maximum atomic E-state index is 12.0. The molecule has 0 bridgehead atoms. The van der Waals surface area contributed by atoms with Gasteiger partial charge in [0.25, 0.3) is 0 Å². The summed E-state index contributed by atoms with van der Waals surface area (Å²) in [7, 11) is 4.02. The van der Waals surface area contributed by atoms with E-state index < -0.39 is 0 Å². The van der Waals surface area contributed by atoms with Gasteiger partial charge in [0.1, 0.15) is 0 Å². The third-order valence-electron chi connectivity index (χ3n) is 3.23. The molecule has 0 saturated carbocycles. The Bertz CT molecular complexity index is 362. The number of nitrogens with one attached hydrogen (secondary N) is 2. The van der Waals surface area contributed by atoms with Gasteiger partial charge >= 0.3 is 0 Å². The third-order valence-corrected chi connectivity index (χ3v) is 3.23. The molecule has 0 aromatic carbocycles. The molecule has 0 heterocycles. The lowest BCUT2D eigenvalue weighted by Crippen LogP contribution is -2.48. The van der Waals surface area contributed by atoms with E-state index in [9.17, 15) is 4.79 Å². The molecule has 6 nitrogen and oxygen atoms in total. The van der Waals surface area contributed by atoms with Gasteiger partial charge in [-0.05, 0) is 47.7 Å². The Labute approximate surface area is 142 Å². The molecule has 0 radical (unpaired) electrons. The van der Waals surface area contributed by atoms with Gasteiger partial charge in [-0.1, -0.05) is 13.3 Å². The van der Waals surface area contributed by atoms with Crippen LogP contribution in [0.4, 0.5) is 0 Å². The molecule has 0 spiro atoms. The second-order valence-electron chi connectivity index (χ2n) is 7.05. The summed E-state index contributed by atoms with van der Waals surface area (Å²) in [6.45, 7) is 14.0. The lowest BCUT2D eigenvalue weighted by atomic mass is 10.1. The summed E-state index contributed by atoms with van der Waals surface area (Å²) in [4.78, 5) is 20.8. The molecule has 1 amide bonds. The molecule has 6 heteroatoms.